The van der Waals surface area contributed by atoms with Gasteiger partial charge in [0.1, 0.15) is 5.75 Å². The topological polar surface area (TPSA) is 48.0 Å². The Morgan fingerprint density at radius 1 is 0.317 bits per heavy atom. The predicted molar refractivity (Wildman–Crippen MR) is 516 cm³/mol. The van der Waals surface area contributed by atoms with Gasteiger partial charge in [-0.2, -0.15) is 0 Å². The number of hydrogen-bond acceptors (Lipinski definition) is 7. The summed E-state index contributed by atoms with van der Waals surface area (Å²) in [5.74, 6) is 0.919. The number of rotatable bonds is 29. The van der Waals surface area contributed by atoms with Crippen LogP contribution in [-0.2, 0) is 5.41 Å². The molecule has 2 heterocycles. The third kappa shape index (κ3) is 18.2. The van der Waals surface area contributed by atoms with Crippen molar-refractivity contribution in [3.05, 3.63) is 400 Å². The summed E-state index contributed by atoms with van der Waals surface area (Å²) in [6.45, 7) is 22.9. The Morgan fingerprint density at radius 3 is 1.18 bits per heavy atom. The molecule has 0 fully saturated rings. The van der Waals surface area contributed by atoms with E-state index in [1.54, 1.807) is 0 Å². The summed E-state index contributed by atoms with van der Waals surface area (Å²) in [5, 5.41) is 4.88. The third-order valence-corrected chi connectivity index (χ3v) is 23.4. The Bertz CT molecular complexity index is 6040. The standard InChI is InChI=1S/C58H58N2.C55H52N4O/c1-7-9-10-17-37-58(6)54-38-44(5)27-35-52(54)53-36-29-45(39-55(53)58)28-30-47-41-56(59(48-19-13-11-14-20-48)50-31-23-42(3)24-32-50)46(18-8-2)40-57(47)60(49-21-15-12-16-22-49)51-33-25-43(4)26-34-51;1-5-7-8-15-35-60-48-23-26-50-51(53-36-40(3)21-24-49(53)41(4)52(50)39-48)25-22-43-38-54(58(44-17-11-9-12-18-44)46-27-31-56-32-28-46)42(16-6-2)37-55(43)59(45-19-13-10-14-20-45)47-29-33-57-34-30-47/h8,11-16,18-36,38-41H,7,9-10,17,37H2,1-6H3;6,9-14,16-34,36-39H,5,7-8,15,35H2,1-4H3/b18-8+,30-28+;16-6+,25-22+. The Morgan fingerprint density at radius 2 is 0.708 bits per heavy atom. The van der Waals surface area contributed by atoms with Crippen molar-refractivity contribution in [2.75, 3.05) is 26.2 Å². The maximum Gasteiger partial charge on any atom is 0.119 e. The molecule has 0 amide bonds. The monoisotopic (exact) mass is 1570 g/mol. The van der Waals surface area contributed by atoms with E-state index >= 15 is 0 Å². The van der Waals surface area contributed by atoms with E-state index in [4.69, 9.17) is 4.74 Å². The molecular weight excluding hydrogens is 1460 g/mol. The van der Waals surface area contributed by atoms with E-state index in [2.05, 4.69) is 439 Å². The Balaban J connectivity index is 0.000000187. The van der Waals surface area contributed by atoms with Gasteiger partial charge in [-0.25, -0.2) is 0 Å². The highest BCUT2D eigenvalue weighted by Gasteiger charge is 2.39. The summed E-state index contributed by atoms with van der Waals surface area (Å²) in [6.07, 6.45) is 36.3. The zero-order chi connectivity index (χ0) is 82.9. The number of aromatic nitrogens is 2. The molecule has 15 aromatic rings. The fourth-order valence-electron chi connectivity index (χ4n) is 17.2. The zero-order valence-electron chi connectivity index (χ0n) is 71.3. The average molecular weight is 1570 g/mol. The molecule has 13 aromatic carbocycles. The molecule has 0 bridgehead atoms. The van der Waals surface area contributed by atoms with Crippen molar-refractivity contribution in [3.63, 3.8) is 0 Å². The summed E-state index contributed by atoms with van der Waals surface area (Å²) in [4.78, 5) is 18.2. The van der Waals surface area contributed by atoms with Crippen LogP contribution in [0.2, 0.25) is 0 Å². The van der Waals surface area contributed by atoms with Gasteiger partial charge >= 0.3 is 0 Å². The highest BCUT2D eigenvalue weighted by Crippen LogP contribution is 2.53. The smallest absolute Gasteiger partial charge is 0.119 e. The van der Waals surface area contributed by atoms with Gasteiger partial charge in [0.05, 0.1) is 29.4 Å². The van der Waals surface area contributed by atoms with E-state index in [1.807, 2.05) is 24.8 Å². The highest BCUT2D eigenvalue weighted by atomic mass is 16.5. The van der Waals surface area contributed by atoms with Crippen LogP contribution in [0.4, 0.5) is 68.2 Å². The Labute approximate surface area is 712 Å². The van der Waals surface area contributed by atoms with Gasteiger partial charge in [0.25, 0.3) is 0 Å². The molecule has 1 unspecified atom stereocenters. The van der Waals surface area contributed by atoms with Crippen molar-refractivity contribution in [2.45, 2.75) is 132 Å². The number of para-hydroxylation sites is 4. The van der Waals surface area contributed by atoms with Crippen molar-refractivity contribution in [3.8, 4) is 16.9 Å². The first-order valence-electron chi connectivity index (χ1n) is 43.0. The van der Waals surface area contributed by atoms with Crippen LogP contribution < -0.4 is 24.3 Å². The van der Waals surface area contributed by atoms with E-state index in [0.29, 0.717) is 0 Å². The first kappa shape index (κ1) is 81.8. The van der Waals surface area contributed by atoms with Gasteiger partial charge in [0, 0.05) is 98.0 Å². The number of pyridine rings is 2. The molecule has 1 aliphatic rings. The number of benzene rings is 13. The number of unbranched alkanes of at least 4 members (excludes halogenated alkanes) is 6. The fraction of sp³-hybridized carbons (Fsp3) is 0.186. The molecule has 1 atom stereocenters. The van der Waals surface area contributed by atoms with Gasteiger partial charge in [-0.1, -0.05) is 294 Å². The molecular formula is C113H110N6O. The van der Waals surface area contributed by atoms with Crippen LogP contribution in [0.5, 0.6) is 5.75 Å². The molecule has 1 aliphatic carbocycles. The maximum atomic E-state index is 6.34. The number of nitrogens with zero attached hydrogens (tertiary/aromatic N) is 6. The molecule has 0 saturated heterocycles. The molecule has 7 nitrogen and oxygen atoms in total. The molecule has 0 aliphatic heterocycles. The van der Waals surface area contributed by atoms with E-state index < -0.39 is 0 Å². The van der Waals surface area contributed by atoms with Crippen LogP contribution in [0.25, 0.3) is 69.1 Å². The van der Waals surface area contributed by atoms with Crippen LogP contribution >= 0.6 is 0 Å². The van der Waals surface area contributed by atoms with E-state index in [0.717, 1.165) is 116 Å². The summed E-state index contributed by atoms with van der Waals surface area (Å²) in [6, 6.07) is 106. The van der Waals surface area contributed by atoms with Gasteiger partial charge in [-0.15, -0.1) is 0 Å². The number of allylic oxidation sites excluding steroid dienone is 2. The molecule has 120 heavy (non-hydrogen) atoms. The molecule has 2 aromatic heterocycles. The lowest BCUT2D eigenvalue weighted by Gasteiger charge is -2.31. The molecule has 598 valence electrons. The second-order valence-electron chi connectivity index (χ2n) is 32.1. The summed E-state index contributed by atoms with van der Waals surface area (Å²) in [5.41, 5.74) is 31.6. The van der Waals surface area contributed by atoms with Gasteiger partial charge in [-0.05, 0) is 255 Å². The van der Waals surface area contributed by atoms with E-state index in [9.17, 15) is 0 Å². The van der Waals surface area contributed by atoms with Gasteiger partial charge in [0.2, 0.25) is 0 Å². The van der Waals surface area contributed by atoms with Gasteiger partial charge in [-0.3, -0.25) is 9.97 Å². The van der Waals surface area contributed by atoms with Crippen LogP contribution in [0.3, 0.4) is 0 Å². The van der Waals surface area contributed by atoms with E-state index in [-0.39, 0.29) is 5.41 Å². The minimum atomic E-state index is -0.0273. The Kier molecular flexibility index (Phi) is 26.1. The first-order valence-corrected chi connectivity index (χ1v) is 43.0. The molecule has 0 spiro atoms. The fourth-order valence-corrected chi connectivity index (χ4v) is 17.2. The van der Waals surface area contributed by atoms with E-state index in [1.165, 1.54) is 128 Å². The second kappa shape index (κ2) is 38.4. The lowest BCUT2D eigenvalue weighted by Crippen LogP contribution is -2.21. The van der Waals surface area contributed by atoms with Gasteiger partial charge < -0.3 is 24.3 Å². The maximum absolute atomic E-state index is 6.34. The molecule has 7 heteroatoms. The van der Waals surface area contributed by atoms with Crippen LogP contribution in [0, 0.1) is 34.6 Å². The largest absolute Gasteiger partial charge is 0.494 e. The number of aryl methyl sites for hydroxylation is 5. The zero-order valence-corrected chi connectivity index (χ0v) is 71.3. The predicted octanol–water partition coefficient (Wildman–Crippen LogP) is 32.5. The molecule has 0 radical (unpaired) electrons. The highest BCUT2D eigenvalue weighted by molar-refractivity contribution is 6.12. The first-order chi connectivity index (χ1) is 58.8. The molecule has 0 saturated carbocycles. The molecule has 16 rings (SSSR count). The van der Waals surface area contributed by atoms with Crippen molar-refractivity contribution in [1.82, 2.24) is 9.97 Å². The quantitative estimate of drug-likeness (QED) is 0.0263. The van der Waals surface area contributed by atoms with Crippen LogP contribution in [0.1, 0.15) is 165 Å². The van der Waals surface area contributed by atoms with Crippen molar-refractivity contribution >= 4 is 126 Å². The summed E-state index contributed by atoms with van der Waals surface area (Å²) in [7, 11) is 0. The minimum absolute atomic E-state index is 0.0273. The Hall–Kier alpha value is -13.4. The second-order valence-corrected chi connectivity index (χ2v) is 32.1. The van der Waals surface area contributed by atoms with Crippen LogP contribution in [-0.4, -0.2) is 16.6 Å². The minimum Gasteiger partial charge on any atom is -0.494 e. The number of fused-ring (bicyclic) bond motifs is 5. The summed E-state index contributed by atoms with van der Waals surface area (Å²) < 4.78 is 6.34. The molecule has 0 N–H and O–H groups in total. The lowest BCUT2D eigenvalue weighted by atomic mass is 9.75. The van der Waals surface area contributed by atoms with Crippen LogP contribution in [0.15, 0.2) is 328 Å². The van der Waals surface area contributed by atoms with Crippen molar-refractivity contribution in [1.29, 1.82) is 0 Å². The average Bonchev–Trinajstić information content (AvgIpc) is 1.51. The van der Waals surface area contributed by atoms with Crippen molar-refractivity contribution < 1.29 is 4.74 Å². The number of ether oxygens (including phenoxy) is 1. The lowest BCUT2D eigenvalue weighted by molar-refractivity contribution is 0.305. The van der Waals surface area contributed by atoms with Crippen molar-refractivity contribution in [2.24, 2.45) is 0 Å². The normalized spacial score (nSPS) is 13.0. The number of hydrogen-bond donors (Lipinski definition) is 0. The SMILES string of the molecule is C/C=C/c1cc(N(c2ccccc2)c2ccc(C)cc2)c(/C=C/c2ccc3c(c2)C(C)(CCCCCC)c2cc(C)ccc2-3)cc1N(c1ccccc1)c1ccc(C)cc1.C/C=C/c1cc(N(c2ccccc2)c2ccncc2)c(/C=C/c2c3ccc(OCCCCCC)cc3c(C)c3ccc(C)cc23)cc1N(c1ccccc1)c1ccncc1. The third-order valence-electron chi connectivity index (χ3n) is 23.4. The summed E-state index contributed by atoms with van der Waals surface area (Å²) >= 11 is 0. The van der Waals surface area contributed by atoms with Gasteiger partial charge in [0.15, 0.2) is 0 Å². The number of anilines is 12.